The Morgan fingerprint density at radius 1 is 1.42 bits per heavy atom. The maximum Gasteiger partial charge on any atom is 0.216 e. The fourth-order valence-electron chi connectivity index (χ4n) is 2.27. The highest BCUT2D eigenvalue weighted by Crippen LogP contribution is 2.24. The Kier molecular flexibility index (Phi) is 4.35. The number of nitrogens with zero attached hydrogens (tertiary/aromatic N) is 2. The Hall–Kier alpha value is -2.09. The first kappa shape index (κ1) is 13.3. The highest BCUT2D eigenvalue weighted by Gasteiger charge is 2.14. The normalized spacial score (nSPS) is 13.3. The Morgan fingerprint density at radius 3 is 2.95 bits per heavy atom. The zero-order valence-electron chi connectivity index (χ0n) is 11.1. The van der Waals surface area contributed by atoms with Gasteiger partial charge in [-0.15, -0.1) is 0 Å². The Balaban J connectivity index is 2.06. The molecule has 5 nitrogen and oxygen atoms in total. The van der Waals surface area contributed by atoms with Crippen molar-refractivity contribution in [3.63, 3.8) is 0 Å². The van der Waals surface area contributed by atoms with Crippen LogP contribution in [-0.4, -0.2) is 24.0 Å². The Labute approximate surface area is 113 Å². The number of aryl methyl sites for hydroxylation is 2. The second kappa shape index (κ2) is 6.19. The number of amides is 1. The zero-order chi connectivity index (χ0) is 13.7. The number of nitriles is 1. The largest absolute Gasteiger partial charge is 0.367 e. The average molecular weight is 258 g/mol. The first-order valence-corrected chi connectivity index (χ1v) is 6.62. The molecule has 5 heteroatoms. The van der Waals surface area contributed by atoms with Crippen LogP contribution in [0.25, 0.3) is 0 Å². The number of nitrogens with one attached hydrogen (secondary N) is 2. The van der Waals surface area contributed by atoms with E-state index in [4.69, 9.17) is 5.26 Å². The third-order valence-electron chi connectivity index (χ3n) is 3.21. The summed E-state index contributed by atoms with van der Waals surface area (Å²) in [6.07, 6.45) is 4.34. The standard InChI is InChI=1S/C14H18N4O/c1-10(19)16-6-7-17-14-12(9-15)8-11-4-2-3-5-13(11)18-14/h8H,2-7H2,1H3,(H,16,19)(H,17,18). The molecule has 1 aliphatic carbocycles. The molecule has 0 saturated carbocycles. The third kappa shape index (κ3) is 3.44. The van der Waals surface area contributed by atoms with E-state index in [-0.39, 0.29) is 5.91 Å². The molecule has 1 aromatic heterocycles. The molecule has 2 rings (SSSR count). The lowest BCUT2D eigenvalue weighted by molar-refractivity contribution is -0.118. The lowest BCUT2D eigenvalue weighted by Crippen LogP contribution is -2.26. The van der Waals surface area contributed by atoms with Crippen LogP contribution in [0.5, 0.6) is 0 Å². The van der Waals surface area contributed by atoms with Crippen molar-refractivity contribution in [3.8, 4) is 6.07 Å². The molecule has 0 aliphatic heterocycles. The number of pyridine rings is 1. The number of fused-ring (bicyclic) bond motifs is 1. The smallest absolute Gasteiger partial charge is 0.216 e. The summed E-state index contributed by atoms with van der Waals surface area (Å²) in [4.78, 5) is 15.3. The summed E-state index contributed by atoms with van der Waals surface area (Å²) in [6, 6.07) is 4.13. The summed E-state index contributed by atoms with van der Waals surface area (Å²) in [5.41, 5.74) is 2.89. The average Bonchev–Trinajstić information content (AvgIpc) is 2.42. The second-order valence-corrected chi connectivity index (χ2v) is 4.72. The van der Waals surface area contributed by atoms with Crippen LogP contribution in [0, 0.1) is 11.3 Å². The number of hydrogen-bond acceptors (Lipinski definition) is 4. The number of carbonyl (C=O) groups excluding carboxylic acids is 1. The van der Waals surface area contributed by atoms with Crippen molar-refractivity contribution >= 4 is 11.7 Å². The first-order chi connectivity index (χ1) is 9.20. The van der Waals surface area contributed by atoms with Crippen LogP contribution < -0.4 is 10.6 Å². The number of rotatable bonds is 4. The van der Waals surface area contributed by atoms with Gasteiger partial charge in [0.2, 0.25) is 5.91 Å². The Morgan fingerprint density at radius 2 is 2.21 bits per heavy atom. The van der Waals surface area contributed by atoms with Gasteiger partial charge in [0.15, 0.2) is 0 Å². The second-order valence-electron chi connectivity index (χ2n) is 4.72. The predicted molar refractivity (Wildman–Crippen MR) is 72.8 cm³/mol. The topological polar surface area (TPSA) is 77.8 Å². The van der Waals surface area contributed by atoms with Crippen LogP contribution in [0.3, 0.4) is 0 Å². The minimum atomic E-state index is -0.0549. The van der Waals surface area contributed by atoms with Gasteiger partial charge in [-0.05, 0) is 37.3 Å². The molecular formula is C14H18N4O. The molecule has 0 atom stereocenters. The summed E-state index contributed by atoms with van der Waals surface area (Å²) < 4.78 is 0. The molecule has 0 unspecified atom stereocenters. The number of aromatic nitrogens is 1. The van der Waals surface area contributed by atoms with Crippen molar-refractivity contribution in [3.05, 3.63) is 22.9 Å². The molecule has 1 aromatic rings. The zero-order valence-corrected chi connectivity index (χ0v) is 11.1. The molecule has 0 bridgehead atoms. The van der Waals surface area contributed by atoms with Gasteiger partial charge in [0.25, 0.3) is 0 Å². The van der Waals surface area contributed by atoms with E-state index in [0.29, 0.717) is 24.5 Å². The molecular weight excluding hydrogens is 240 g/mol. The van der Waals surface area contributed by atoms with Gasteiger partial charge >= 0.3 is 0 Å². The number of hydrogen-bond donors (Lipinski definition) is 2. The SMILES string of the molecule is CC(=O)NCCNc1nc2c(cc1C#N)CCCC2. The van der Waals surface area contributed by atoms with Gasteiger partial charge in [-0.2, -0.15) is 5.26 Å². The molecule has 19 heavy (non-hydrogen) atoms. The summed E-state index contributed by atoms with van der Waals surface area (Å²) in [5, 5.41) is 15.0. The molecule has 2 N–H and O–H groups in total. The van der Waals surface area contributed by atoms with Crippen molar-refractivity contribution < 1.29 is 4.79 Å². The molecule has 0 fully saturated rings. The van der Waals surface area contributed by atoms with Gasteiger partial charge in [-0.25, -0.2) is 4.98 Å². The van der Waals surface area contributed by atoms with Crippen LogP contribution in [0.4, 0.5) is 5.82 Å². The van der Waals surface area contributed by atoms with E-state index in [0.717, 1.165) is 25.0 Å². The summed E-state index contributed by atoms with van der Waals surface area (Å²) in [7, 11) is 0. The minimum Gasteiger partial charge on any atom is -0.367 e. The van der Waals surface area contributed by atoms with Crippen molar-refractivity contribution in [2.45, 2.75) is 32.6 Å². The van der Waals surface area contributed by atoms with Gasteiger partial charge in [0.05, 0.1) is 5.56 Å². The summed E-state index contributed by atoms with van der Waals surface area (Å²) >= 11 is 0. The van der Waals surface area contributed by atoms with Gasteiger partial charge in [-0.1, -0.05) is 0 Å². The maximum absolute atomic E-state index is 10.8. The lowest BCUT2D eigenvalue weighted by Gasteiger charge is -2.17. The van der Waals surface area contributed by atoms with Gasteiger partial charge in [0.1, 0.15) is 11.9 Å². The van der Waals surface area contributed by atoms with Crippen LogP contribution in [0.1, 0.15) is 36.6 Å². The van der Waals surface area contributed by atoms with Crippen LogP contribution in [0.2, 0.25) is 0 Å². The Bertz CT molecular complexity index is 519. The van der Waals surface area contributed by atoms with Crippen molar-refractivity contribution in [2.75, 3.05) is 18.4 Å². The van der Waals surface area contributed by atoms with Gasteiger partial charge in [0, 0.05) is 25.7 Å². The van der Waals surface area contributed by atoms with Crippen LogP contribution >= 0.6 is 0 Å². The molecule has 0 aromatic carbocycles. The van der Waals surface area contributed by atoms with Gasteiger partial charge in [-0.3, -0.25) is 4.79 Å². The van der Waals surface area contributed by atoms with E-state index in [2.05, 4.69) is 21.7 Å². The van der Waals surface area contributed by atoms with E-state index in [9.17, 15) is 4.79 Å². The van der Waals surface area contributed by atoms with Crippen molar-refractivity contribution in [1.82, 2.24) is 10.3 Å². The quantitative estimate of drug-likeness (QED) is 0.800. The fraction of sp³-hybridized carbons (Fsp3) is 0.500. The molecule has 0 radical (unpaired) electrons. The molecule has 0 saturated heterocycles. The lowest BCUT2D eigenvalue weighted by atomic mass is 9.95. The van der Waals surface area contributed by atoms with E-state index in [1.165, 1.54) is 18.9 Å². The molecule has 100 valence electrons. The van der Waals surface area contributed by atoms with Crippen LogP contribution in [0.15, 0.2) is 6.07 Å². The first-order valence-electron chi connectivity index (χ1n) is 6.62. The minimum absolute atomic E-state index is 0.0549. The number of anilines is 1. The monoisotopic (exact) mass is 258 g/mol. The van der Waals surface area contributed by atoms with Gasteiger partial charge < -0.3 is 10.6 Å². The summed E-state index contributed by atoms with van der Waals surface area (Å²) in [5.74, 6) is 0.578. The van der Waals surface area contributed by atoms with E-state index >= 15 is 0 Å². The summed E-state index contributed by atoms with van der Waals surface area (Å²) in [6.45, 7) is 2.58. The fourth-order valence-corrected chi connectivity index (χ4v) is 2.27. The molecule has 1 aliphatic rings. The van der Waals surface area contributed by atoms with E-state index < -0.39 is 0 Å². The number of carbonyl (C=O) groups is 1. The van der Waals surface area contributed by atoms with Crippen molar-refractivity contribution in [2.24, 2.45) is 0 Å². The third-order valence-corrected chi connectivity index (χ3v) is 3.21. The van der Waals surface area contributed by atoms with Crippen molar-refractivity contribution in [1.29, 1.82) is 5.26 Å². The molecule has 1 heterocycles. The predicted octanol–water partition coefficient (Wildman–Crippen LogP) is 1.38. The van der Waals surface area contributed by atoms with E-state index in [1.54, 1.807) is 0 Å². The highest BCUT2D eigenvalue weighted by molar-refractivity contribution is 5.72. The van der Waals surface area contributed by atoms with Crippen LogP contribution in [-0.2, 0) is 17.6 Å². The molecule has 1 amide bonds. The highest BCUT2D eigenvalue weighted by atomic mass is 16.1. The molecule has 0 spiro atoms. The maximum atomic E-state index is 10.8. The van der Waals surface area contributed by atoms with E-state index in [1.807, 2.05) is 6.07 Å².